The molecule has 3 fully saturated rings. The highest BCUT2D eigenvalue weighted by atomic mass is 127. The summed E-state index contributed by atoms with van der Waals surface area (Å²) in [5, 5.41) is 0. The molecule has 0 aromatic heterocycles. The van der Waals surface area contributed by atoms with E-state index in [1.165, 1.54) is 43.0 Å². The second-order valence-corrected chi connectivity index (χ2v) is 5.87. The summed E-state index contributed by atoms with van der Waals surface area (Å²) < 4.78 is 7.48. The quantitative estimate of drug-likeness (QED) is 0.533. The van der Waals surface area contributed by atoms with Gasteiger partial charge in [0.25, 0.3) is 0 Å². The van der Waals surface area contributed by atoms with Gasteiger partial charge < -0.3 is 4.74 Å². The van der Waals surface area contributed by atoms with E-state index in [2.05, 4.69) is 22.6 Å². The van der Waals surface area contributed by atoms with E-state index in [4.69, 9.17) is 4.74 Å². The molecule has 4 atom stereocenters. The van der Waals surface area contributed by atoms with E-state index < -0.39 is 0 Å². The van der Waals surface area contributed by atoms with Gasteiger partial charge in [0.05, 0.1) is 11.7 Å². The molecule has 74 valence electrons. The highest BCUT2D eigenvalue weighted by molar-refractivity contribution is 14.1. The molecule has 13 heavy (non-hydrogen) atoms. The monoisotopic (exact) mass is 292 g/mol. The minimum atomic E-state index is 0.374. The molecule has 1 saturated heterocycles. The highest BCUT2D eigenvalue weighted by Crippen LogP contribution is 2.60. The van der Waals surface area contributed by atoms with Gasteiger partial charge in [-0.15, -0.1) is 0 Å². The van der Waals surface area contributed by atoms with E-state index in [1.807, 2.05) is 0 Å². The molecule has 2 heteroatoms. The standard InChI is InChI=1S/C11H17IO/c12-7-9-3-5-11(13-9)4-1-2-8-6-10(8)11/h8-10H,1-7H2. The van der Waals surface area contributed by atoms with Crippen molar-refractivity contribution in [2.75, 3.05) is 4.43 Å². The van der Waals surface area contributed by atoms with Crippen LogP contribution in [0.4, 0.5) is 0 Å². The second-order valence-electron chi connectivity index (χ2n) is 4.99. The average molecular weight is 292 g/mol. The largest absolute Gasteiger partial charge is 0.371 e. The van der Waals surface area contributed by atoms with Gasteiger partial charge in [0.2, 0.25) is 0 Å². The molecule has 0 aromatic rings. The van der Waals surface area contributed by atoms with E-state index >= 15 is 0 Å². The smallest absolute Gasteiger partial charge is 0.0718 e. The summed E-state index contributed by atoms with van der Waals surface area (Å²) in [6.45, 7) is 0. The lowest BCUT2D eigenvalue weighted by atomic mass is 9.82. The van der Waals surface area contributed by atoms with Crippen LogP contribution in [0.3, 0.4) is 0 Å². The number of fused-ring (bicyclic) bond motifs is 2. The van der Waals surface area contributed by atoms with Crippen molar-refractivity contribution in [3.63, 3.8) is 0 Å². The number of hydrogen-bond acceptors (Lipinski definition) is 1. The summed E-state index contributed by atoms with van der Waals surface area (Å²) in [4.78, 5) is 0. The molecule has 0 amide bonds. The molecular weight excluding hydrogens is 275 g/mol. The average Bonchev–Trinajstić information content (AvgIpc) is 2.84. The number of alkyl halides is 1. The molecule has 0 bridgehead atoms. The zero-order valence-corrected chi connectivity index (χ0v) is 10.1. The Hall–Kier alpha value is 0.690. The molecule has 0 N–H and O–H groups in total. The first kappa shape index (κ1) is 8.96. The predicted molar refractivity (Wildman–Crippen MR) is 61.2 cm³/mol. The minimum absolute atomic E-state index is 0.374. The van der Waals surface area contributed by atoms with Gasteiger partial charge >= 0.3 is 0 Å². The summed E-state index contributed by atoms with van der Waals surface area (Å²) >= 11 is 2.46. The Balaban J connectivity index is 1.75. The Morgan fingerprint density at radius 2 is 2.23 bits per heavy atom. The molecule has 2 aliphatic carbocycles. The summed E-state index contributed by atoms with van der Waals surface area (Å²) in [5.74, 6) is 2.02. The number of ether oxygens (including phenoxy) is 1. The Morgan fingerprint density at radius 1 is 1.31 bits per heavy atom. The molecule has 0 radical (unpaired) electrons. The summed E-state index contributed by atoms with van der Waals surface area (Å²) in [5.41, 5.74) is 0.374. The molecule has 1 spiro atoms. The maximum Gasteiger partial charge on any atom is 0.0718 e. The molecule has 0 aromatic carbocycles. The first-order chi connectivity index (χ1) is 6.34. The minimum Gasteiger partial charge on any atom is -0.371 e. The number of rotatable bonds is 1. The van der Waals surface area contributed by atoms with Gasteiger partial charge in [-0.3, -0.25) is 0 Å². The Labute approximate surface area is 93.7 Å². The van der Waals surface area contributed by atoms with Crippen molar-refractivity contribution in [1.82, 2.24) is 0 Å². The van der Waals surface area contributed by atoms with Crippen molar-refractivity contribution in [2.45, 2.75) is 50.2 Å². The van der Waals surface area contributed by atoms with Crippen molar-refractivity contribution in [3.05, 3.63) is 0 Å². The van der Waals surface area contributed by atoms with E-state index in [0.29, 0.717) is 11.7 Å². The molecule has 2 saturated carbocycles. The fourth-order valence-corrected chi connectivity index (χ4v) is 4.10. The van der Waals surface area contributed by atoms with Crippen LogP contribution in [-0.4, -0.2) is 16.1 Å². The van der Waals surface area contributed by atoms with Crippen molar-refractivity contribution in [2.24, 2.45) is 11.8 Å². The first-order valence-corrected chi connectivity index (χ1v) is 7.10. The van der Waals surface area contributed by atoms with Crippen LogP contribution in [0.25, 0.3) is 0 Å². The van der Waals surface area contributed by atoms with Crippen LogP contribution in [0.2, 0.25) is 0 Å². The van der Waals surface area contributed by atoms with Crippen LogP contribution in [-0.2, 0) is 4.74 Å². The van der Waals surface area contributed by atoms with Crippen LogP contribution < -0.4 is 0 Å². The van der Waals surface area contributed by atoms with Crippen LogP contribution in [0.1, 0.15) is 38.5 Å². The zero-order valence-electron chi connectivity index (χ0n) is 7.97. The van der Waals surface area contributed by atoms with Crippen molar-refractivity contribution in [3.8, 4) is 0 Å². The molecular formula is C11H17IO. The van der Waals surface area contributed by atoms with Gasteiger partial charge in [0, 0.05) is 4.43 Å². The topological polar surface area (TPSA) is 9.23 Å². The maximum absolute atomic E-state index is 6.29. The zero-order chi connectivity index (χ0) is 8.89. The Bertz CT molecular complexity index is 218. The SMILES string of the molecule is ICC1CCC2(CCCC3CC32)O1. The molecule has 3 aliphatic rings. The van der Waals surface area contributed by atoms with Gasteiger partial charge in [-0.2, -0.15) is 0 Å². The molecule has 1 heterocycles. The number of halogens is 1. The normalized spacial score (nSPS) is 53.8. The first-order valence-electron chi connectivity index (χ1n) is 5.58. The number of hydrogen-bond donors (Lipinski definition) is 0. The lowest BCUT2D eigenvalue weighted by Crippen LogP contribution is -2.35. The second kappa shape index (κ2) is 3.09. The van der Waals surface area contributed by atoms with Crippen molar-refractivity contribution in [1.29, 1.82) is 0 Å². The van der Waals surface area contributed by atoms with Crippen LogP contribution in [0, 0.1) is 11.8 Å². The van der Waals surface area contributed by atoms with Crippen LogP contribution >= 0.6 is 22.6 Å². The Kier molecular flexibility index (Phi) is 2.13. The third-order valence-electron chi connectivity index (χ3n) is 4.24. The summed E-state index contributed by atoms with van der Waals surface area (Å²) in [6.07, 6.45) is 9.03. The summed E-state index contributed by atoms with van der Waals surface area (Å²) in [6, 6.07) is 0. The third-order valence-corrected chi connectivity index (χ3v) is 5.22. The van der Waals surface area contributed by atoms with E-state index in [9.17, 15) is 0 Å². The predicted octanol–water partition coefficient (Wildman–Crippen LogP) is 3.16. The third kappa shape index (κ3) is 1.36. The van der Waals surface area contributed by atoms with Crippen LogP contribution in [0.5, 0.6) is 0 Å². The van der Waals surface area contributed by atoms with E-state index in [0.717, 1.165) is 11.8 Å². The fourth-order valence-electron chi connectivity index (χ4n) is 3.48. The van der Waals surface area contributed by atoms with Gasteiger partial charge in [-0.25, -0.2) is 0 Å². The molecule has 1 aliphatic heterocycles. The lowest BCUT2D eigenvalue weighted by Gasteiger charge is -2.33. The van der Waals surface area contributed by atoms with Crippen LogP contribution in [0.15, 0.2) is 0 Å². The van der Waals surface area contributed by atoms with Gasteiger partial charge in [0.1, 0.15) is 0 Å². The van der Waals surface area contributed by atoms with Gasteiger partial charge in [-0.1, -0.05) is 29.0 Å². The van der Waals surface area contributed by atoms with E-state index in [1.54, 1.807) is 0 Å². The van der Waals surface area contributed by atoms with E-state index in [-0.39, 0.29) is 0 Å². The fraction of sp³-hybridized carbons (Fsp3) is 1.00. The molecule has 3 rings (SSSR count). The van der Waals surface area contributed by atoms with Gasteiger partial charge in [0.15, 0.2) is 0 Å². The Morgan fingerprint density at radius 3 is 3.00 bits per heavy atom. The molecule has 4 unspecified atom stereocenters. The van der Waals surface area contributed by atoms with Gasteiger partial charge in [-0.05, 0) is 43.9 Å². The highest BCUT2D eigenvalue weighted by Gasteiger charge is 2.58. The molecule has 1 nitrogen and oxygen atoms in total. The van der Waals surface area contributed by atoms with Crippen molar-refractivity contribution < 1.29 is 4.74 Å². The summed E-state index contributed by atoms with van der Waals surface area (Å²) in [7, 11) is 0. The lowest BCUT2D eigenvalue weighted by molar-refractivity contribution is -0.0660. The van der Waals surface area contributed by atoms with Crippen molar-refractivity contribution >= 4 is 22.6 Å². The maximum atomic E-state index is 6.29.